The van der Waals surface area contributed by atoms with Gasteiger partial charge >= 0.3 is 0 Å². The van der Waals surface area contributed by atoms with Crippen LogP contribution >= 0.6 is 0 Å². The van der Waals surface area contributed by atoms with Gasteiger partial charge in [-0.05, 0) is 12.8 Å². The second-order valence-electron chi connectivity index (χ2n) is 7.45. The summed E-state index contributed by atoms with van der Waals surface area (Å²) in [7, 11) is 1.87. The first kappa shape index (κ1) is 17.7. The lowest BCUT2D eigenvalue weighted by atomic mass is 9.81. The van der Waals surface area contributed by atoms with Crippen LogP contribution in [0.15, 0.2) is 18.5 Å². The lowest BCUT2D eigenvalue weighted by Gasteiger charge is -2.34. The fourth-order valence-electron chi connectivity index (χ4n) is 3.65. The maximum absolute atomic E-state index is 12.9. The zero-order valence-corrected chi connectivity index (χ0v) is 15.3. The van der Waals surface area contributed by atoms with Crippen molar-refractivity contribution < 1.29 is 13.6 Å². The minimum absolute atomic E-state index is 0.00332. The lowest BCUT2D eigenvalue weighted by molar-refractivity contribution is -0.115. The fraction of sp³-hybridized carbons (Fsp3) is 0.500. The highest BCUT2D eigenvalue weighted by Gasteiger charge is 2.45. The lowest BCUT2D eigenvalue weighted by Crippen LogP contribution is -2.37. The third-order valence-electron chi connectivity index (χ3n) is 5.02. The van der Waals surface area contributed by atoms with Crippen LogP contribution in [0.1, 0.15) is 24.1 Å². The number of fused-ring (bicyclic) bond motifs is 1. The molecule has 0 bridgehead atoms. The van der Waals surface area contributed by atoms with Gasteiger partial charge in [0.2, 0.25) is 11.8 Å². The zero-order valence-electron chi connectivity index (χ0n) is 15.3. The molecule has 2 aliphatic rings. The fourth-order valence-corrected chi connectivity index (χ4v) is 3.65. The number of anilines is 3. The second kappa shape index (κ2) is 6.47. The van der Waals surface area contributed by atoms with Crippen molar-refractivity contribution in [2.75, 3.05) is 29.1 Å². The van der Waals surface area contributed by atoms with Crippen LogP contribution in [0.3, 0.4) is 0 Å². The van der Waals surface area contributed by atoms with Crippen LogP contribution in [0, 0.1) is 12.8 Å². The van der Waals surface area contributed by atoms with Gasteiger partial charge in [0.25, 0.3) is 0 Å². The molecule has 1 saturated carbocycles. The van der Waals surface area contributed by atoms with E-state index in [0.29, 0.717) is 25.5 Å². The Labute approximate surface area is 155 Å². The van der Waals surface area contributed by atoms with Crippen LogP contribution in [0.4, 0.5) is 26.0 Å². The molecule has 1 fully saturated rings. The first-order valence-electron chi connectivity index (χ1n) is 8.95. The highest BCUT2D eigenvalue weighted by molar-refractivity contribution is 6.02. The average Bonchev–Trinajstić information content (AvgIpc) is 3.00. The van der Waals surface area contributed by atoms with Gasteiger partial charge in [0.15, 0.2) is 0 Å². The number of likely N-dealkylation sites (N-methyl/N-ethyl adjacent to an activating group) is 1. The molecular formula is C18H22F2N6O. The normalized spacial score (nSPS) is 18.7. The number of aryl methyl sites for hydroxylation is 1. The van der Waals surface area contributed by atoms with Crippen LogP contribution in [0.5, 0.6) is 0 Å². The number of hydrogen-bond acceptors (Lipinski definition) is 5. The third kappa shape index (κ3) is 3.72. The van der Waals surface area contributed by atoms with Gasteiger partial charge in [-0.15, -0.1) is 0 Å². The van der Waals surface area contributed by atoms with E-state index in [1.807, 2.05) is 31.1 Å². The van der Waals surface area contributed by atoms with Gasteiger partial charge in [0.1, 0.15) is 5.82 Å². The monoisotopic (exact) mass is 376 g/mol. The minimum Gasteiger partial charge on any atom is -0.366 e. The molecule has 0 spiro atoms. The first-order chi connectivity index (χ1) is 12.8. The van der Waals surface area contributed by atoms with Crippen molar-refractivity contribution in [1.82, 2.24) is 14.8 Å². The predicted molar refractivity (Wildman–Crippen MR) is 98.1 cm³/mol. The number of nitrogens with one attached hydrogen (secondary N) is 2. The summed E-state index contributed by atoms with van der Waals surface area (Å²) in [5, 5.41) is 10.4. The molecule has 2 aromatic rings. The Morgan fingerprint density at radius 1 is 1.41 bits per heavy atom. The molecule has 0 aromatic carbocycles. The van der Waals surface area contributed by atoms with Crippen LogP contribution in [0.2, 0.25) is 0 Å². The summed E-state index contributed by atoms with van der Waals surface area (Å²) in [5.74, 6) is -1.84. The van der Waals surface area contributed by atoms with Gasteiger partial charge in [0, 0.05) is 50.8 Å². The number of pyridine rings is 1. The van der Waals surface area contributed by atoms with Gasteiger partial charge in [-0.1, -0.05) is 0 Å². The number of rotatable bonds is 5. The third-order valence-corrected chi connectivity index (χ3v) is 5.02. The van der Waals surface area contributed by atoms with E-state index in [-0.39, 0.29) is 24.7 Å². The van der Waals surface area contributed by atoms with E-state index in [1.165, 1.54) is 0 Å². The molecule has 144 valence electrons. The number of halogens is 2. The van der Waals surface area contributed by atoms with Crippen molar-refractivity contribution in [3.05, 3.63) is 29.7 Å². The average molecular weight is 376 g/mol. The maximum atomic E-state index is 12.9. The summed E-state index contributed by atoms with van der Waals surface area (Å²) in [6.45, 7) is 3.22. The molecule has 0 saturated heterocycles. The van der Waals surface area contributed by atoms with Crippen molar-refractivity contribution in [2.24, 2.45) is 5.92 Å². The molecule has 1 amide bonds. The number of nitrogens with zero attached hydrogens (tertiary/aromatic N) is 4. The molecule has 3 heterocycles. The van der Waals surface area contributed by atoms with Crippen molar-refractivity contribution in [3.63, 3.8) is 0 Å². The second-order valence-corrected chi connectivity index (χ2v) is 7.45. The predicted octanol–water partition coefficient (Wildman–Crippen LogP) is 2.63. The molecule has 4 rings (SSSR count). The summed E-state index contributed by atoms with van der Waals surface area (Å²) < 4.78 is 27.6. The Morgan fingerprint density at radius 3 is 2.93 bits per heavy atom. The van der Waals surface area contributed by atoms with Gasteiger partial charge in [-0.3, -0.25) is 9.48 Å². The quantitative estimate of drug-likeness (QED) is 0.839. The van der Waals surface area contributed by atoms with Crippen LogP contribution in [0.25, 0.3) is 0 Å². The molecule has 7 nitrogen and oxygen atoms in total. The van der Waals surface area contributed by atoms with Crippen molar-refractivity contribution in [1.29, 1.82) is 0 Å². The molecule has 2 aromatic heterocycles. The van der Waals surface area contributed by atoms with E-state index in [2.05, 4.69) is 20.7 Å². The highest BCUT2D eigenvalue weighted by atomic mass is 19.3. The minimum atomic E-state index is -2.50. The van der Waals surface area contributed by atoms with Crippen LogP contribution in [-0.2, 0) is 17.9 Å². The maximum Gasteiger partial charge on any atom is 0.248 e. The molecule has 0 atom stereocenters. The Kier molecular flexibility index (Phi) is 4.24. The first-order valence-corrected chi connectivity index (χ1v) is 8.95. The summed E-state index contributed by atoms with van der Waals surface area (Å²) in [6, 6.07) is 1.91. The molecule has 1 aliphatic heterocycles. The Bertz CT molecular complexity index is 873. The number of carbonyl (C=O) groups excluding carboxylic acids is 1. The van der Waals surface area contributed by atoms with Gasteiger partial charge < -0.3 is 15.5 Å². The number of alkyl halides is 2. The summed E-state index contributed by atoms with van der Waals surface area (Å²) >= 11 is 0. The Balaban J connectivity index is 1.39. The van der Waals surface area contributed by atoms with E-state index >= 15 is 0 Å². The smallest absolute Gasteiger partial charge is 0.248 e. The Morgan fingerprint density at radius 2 is 2.19 bits per heavy atom. The van der Waals surface area contributed by atoms with E-state index in [9.17, 15) is 13.6 Å². The van der Waals surface area contributed by atoms with Crippen molar-refractivity contribution in [2.45, 2.75) is 38.8 Å². The number of carbonyl (C=O) groups is 1. The topological polar surface area (TPSA) is 75.1 Å². The highest BCUT2D eigenvalue weighted by Crippen LogP contribution is 2.43. The van der Waals surface area contributed by atoms with Crippen molar-refractivity contribution in [3.8, 4) is 0 Å². The van der Waals surface area contributed by atoms with E-state index in [0.717, 1.165) is 22.6 Å². The van der Waals surface area contributed by atoms with Crippen molar-refractivity contribution >= 4 is 23.1 Å². The molecule has 0 unspecified atom stereocenters. The van der Waals surface area contributed by atoms with Crippen LogP contribution < -0.4 is 15.5 Å². The summed E-state index contributed by atoms with van der Waals surface area (Å²) in [5.41, 5.74) is 3.37. The molecule has 9 heteroatoms. The number of hydrogen-bond donors (Lipinski definition) is 2. The van der Waals surface area contributed by atoms with Gasteiger partial charge in [0.05, 0.1) is 29.8 Å². The molecule has 2 N–H and O–H groups in total. The van der Waals surface area contributed by atoms with Gasteiger partial charge in [-0.25, -0.2) is 13.8 Å². The molecule has 0 radical (unpaired) electrons. The van der Waals surface area contributed by atoms with Crippen LogP contribution in [-0.4, -0.2) is 40.2 Å². The SMILES string of the molecule is Cc1nc(NCc2cnn(CC3CC(F)(F)C3)c2)cc2c1NC(=O)CN2C. The summed E-state index contributed by atoms with van der Waals surface area (Å²) in [4.78, 5) is 18.1. The van der Waals surface area contributed by atoms with E-state index < -0.39 is 5.92 Å². The number of amides is 1. The Hall–Kier alpha value is -2.71. The molecule has 1 aliphatic carbocycles. The zero-order chi connectivity index (χ0) is 19.2. The van der Waals surface area contributed by atoms with E-state index in [4.69, 9.17) is 0 Å². The van der Waals surface area contributed by atoms with Gasteiger partial charge in [-0.2, -0.15) is 5.10 Å². The standard InChI is InChI=1S/C18H22F2N6O/c1-11-17-14(25(2)10-16(27)24-17)3-15(23-11)21-6-13-7-22-26(9-13)8-12-4-18(19,20)5-12/h3,7,9,12H,4-6,8,10H2,1-2H3,(H,21,23)(H,24,27). The number of aromatic nitrogens is 3. The molecule has 27 heavy (non-hydrogen) atoms. The summed E-state index contributed by atoms with van der Waals surface area (Å²) in [6.07, 6.45) is 3.51. The molecular weight excluding hydrogens is 354 g/mol. The largest absolute Gasteiger partial charge is 0.366 e. The van der Waals surface area contributed by atoms with E-state index in [1.54, 1.807) is 10.9 Å².